The van der Waals surface area contributed by atoms with Crippen molar-refractivity contribution in [3.8, 4) is 22.6 Å². The Bertz CT molecular complexity index is 1550. The monoisotopic (exact) mass is 520 g/mol. The van der Waals surface area contributed by atoms with Gasteiger partial charge in [-0.3, -0.25) is 4.79 Å². The molecule has 0 fully saturated rings. The van der Waals surface area contributed by atoms with E-state index in [4.69, 9.17) is 18.6 Å². The molecule has 0 aliphatic rings. The lowest BCUT2D eigenvalue weighted by molar-refractivity contribution is 0.0492. The molecule has 192 valence electrons. The van der Waals surface area contributed by atoms with Crippen molar-refractivity contribution in [3.05, 3.63) is 93.1 Å². The van der Waals surface area contributed by atoms with Crippen molar-refractivity contribution in [2.24, 2.45) is 0 Å². The molecule has 4 rings (SSSR count). The number of para-hydroxylation sites is 1. The number of carbonyl (C=O) groups is 1. The summed E-state index contributed by atoms with van der Waals surface area (Å²) in [6, 6.07) is 10.1. The number of halogens is 5. The summed E-state index contributed by atoms with van der Waals surface area (Å²) in [4.78, 5) is 26.1. The third-order valence-corrected chi connectivity index (χ3v) is 5.38. The van der Waals surface area contributed by atoms with E-state index in [0.29, 0.717) is 5.75 Å². The van der Waals surface area contributed by atoms with Crippen LogP contribution in [-0.4, -0.2) is 19.7 Å². The Morgan fingerprint density at radius 2 is 1.57 bits per heavy atom. The van der Waals surface area contributed by atoms with Crippen LogP contribution < -0.4 is 14.9 Å². The van der Waals surface area contributed by atoms with Gasteiger partial charge < -0.3 is 18.6 Å². The second-order valence-corrected chi connectivity index (χ2v) is 7.55. The molecule has 0 aliphatic carbocycles. The van der Waals surface area contributed by atoms with Crippen molar-refractivity contribution in [3.63, 3.8) is 0 Å². The average molecular weight is 520 g/mol. The molecule has 1 heterocycles. The molecule has 0 spiro atoms. The molecule has 11 heteroatoms. The number of methoxy groups -OCH3 is 1. The maximum Gasteiger partial charge on any atom is 0.375 e. The molecule has 6 nitrogen and oxygen atoms in total. The summed E-state index contributed by atoms with van der Waals surface area (Å²) in [5, 5.41) is 0.0116. The first-order valence-corrected chi connectivity index (χ1v) is 10.7. The quantitative estimate of drug-likeness (QED) is 0.130. The number of esters is 1. The zero-order chi connectivity index (χ0) is 26.9. The van der Waals surface area contributed by atoms with Crippen molar-refractivity contribution in [1.82, 2.24) is 0 Å². The number of carbonyl (C=O) groups excluding carboxylic acids is 1. The van der Waals surface area contributed by atoms with Gasteiger partial charge in [-0.1, -0.05) is 18.2 Å². The van der Waals surface area contributed by atoms with Gasteiger partial charge in [-0.2, -0.15) is 0 Å². The fraction of sp³-hybridized carbons (Fsp3) is 0.154. The highest BCUT2D eigenvalue weighted by molar-refractivity contribution is 5.98. The Kier molecular flexibility index (Phi) is 7.14. The van der Waals surface area contributed by atoms with Gasteiger partial charge in [0.15, 0.2) is 23.3 Å². The van der Waals surface area contributed by atoms with Gasteiger partial charge in [0.05, 0.1) is 30.2 Å². The van der Waals surface area contributed by atoms with Crippen LogP contribution in [-0.2, 0) is 11.3 Å². The number of benzene rings is 3. The first kappa shape index (κ1) is 25.7. The van der Waals surface area contributed by atoms with Crippen molar-refractivity contribution >= 4 is 16.9 Å². The van der Waals surface area contributed by atoms with E-state index in [1.165, 1.54) is 19.2 Å². The van der Waals surface area contributed by atoms with Crippen LogP contribution in [0.1, 0.15) is 23.0 Å². The summed E-state index contributed by atoms with van der Waals surface area (Å²) < 4.78 is 89.4. The summed E-state index contributed by atoms with van der Waals surface area (Å²) >= 11 is 0. The van der Waals surface area contributed by atoms with E-state index in [-0.39, 0.29) is 34.5 Å². The largest absolute Gasteiger partial charge is 0.496 e. The van der Waals surface area contributed by atoms with E-state index in [9.17, 15) is 31.5 Å². The smallest absolute Gasteiger partial charge is 0.375 e. The van der Waals surface area contributed by atoms with Gasteiger partial charge >= 0.3 is 5.97 Å². The Morgan fingerprint density at radius 3 is 2.22 bits per heavy atom. The molecule has 3 aromatic carbocycles. The van der Waals surface area contributed by atoms with Gasteiger partial charge in [0, 0.05) is 11.6 Å². The molecular formula is C26H17F5O6. The lowest BCUT2D eigenvalue weighted by Crippen LogP contribution is -2.15. The minimum Gasteiger partial charge on any atom is -0.496 e. The lowest BCUT2D eigenvalue weighted by atomic mass is 10.0. The number of fused-ring (bicyclic) bond motifs is 1. The Labute approximate surface area is 205 Å². The molecule has 0 unspecified atom stereocenters. The fourth-order valence-electron chi connectivity index (χ4n) is 3.63. The normalized spacial score (nSPS) is 11.0. The predicted molar refractivity (Wildman–Crippen MR) is 121 cm³/mol. The number of rotatable bonds is 7. The van der Waals surface area contributed by atoms with Crippen molar-refractivity contribution < 1.29 is 45.4 Å². The number of ether oxygens (including phenoxy) is 3. The van der Waals surface area contributed by atoms with E-state index in [0.717, 1.165) is 6.07 Å². The van der Waals surface area contributed by atoms with Gasteiger partial charge in [-0.25, -0.2) is 26.7 Å². The summed E-state index contributed by atoms with van der Waals surface area (Å²) in [6.07, 6.45) is 0. The minimum absolute atomic E-state index is 0.0116. The van der Waals surface area contributed by atoms with Crippen LogP contribution in [0, 0.1) is 29.1 Å². The van der Waals surface area contributed by atoms with E-state index in [1.54, 1.807) is 31.2 Å². The van der Waals surface area contributed by atoms with Gasteiger partial charge in [-0.15, -0.1) is 0 Å². The summed E-state index contributed by atoms with van der Waals surface area (Å²) in [6.45, 7) is 0.522. The van der Waals surface area contributed by atoms with Gasteiger partial charge in [0.25, 0.3) is 0 Å². The average Bonchev–Trinajstić information content (AvgIpc) is 2.90. The Hall–Kier alpha value is -4.41. The van der Waals surface area contributed by atoms with E-state index in [1.807, 2.05) is 0 Å². The molecule has 0 saturated carbocycles. The van der Waals surface area contributed by atoms with Gasteiger partial charge in [0.2, 0.25) is 17.0 Å². The highest BCUT2D eigenvalue weighted by atomic mass is 19.2. The molecule has 4 aromatic rings. The SMILES string of the molecule is CCOC(=O)c1oc2cc(OCc3c(F)c(F)c(F)c(F)c3F)ccc2c(=O)c1-c1ccccc1OC. The topological polar surface area (TPSA) is 75.0 Å². The Morgan fingerprint density at radius 1 is 0.919 bits per heavy atom. The van der Waals surface area contributed by atoms with Gasteiger partial charge in [0.1, 0.15) is 23.7 Å². The van der Waals surface area contributed by atoms with Crippen LogP contribution in [0.15, 0.2) is 51.7 Å². The maximum atomic E-state index is 14.0. The third-order valence-electron chi connectivity index (χ3n) is 5.38. The fourth-order valence-corrected chi connectivity index (χ4v) is 3.63. The summed E-state index contributed by atoms with van der Waals surface area (Å²) in [5.41, 5.74) is -1.78. The zero-order valence-electron chi connectivity index (χ0n) is 19.3. The second-order valence-electron chi connectivity index (χ2n) is 7.55. The molecule has 0 saturated heterocycles. The van der Waals surface area contributed by atoms with Gasteiger partial charge in [-0.05, 0) is 25.1 Å². The maximum absolute atomic E-state index is 14.0. The van der Waals surface area contributed by atoms with E-state index < -0.39 is 58.4 Å². The first-order valence-electron chi connectivity index (χ1n) is 10.7. The van der Waals surface area contributed by atoms with Crippen LogP contribution in [0.2, 0.25) is 0 Å². The van der Waals surface area contributed by atoms with Crippen LogP contribution in [0.4, 0.5) is 22.0 Å². The minimum atomic E-state index is -2.29. The molecule has 0 radical (unpaired) electrons. The molecule has 37 heavy (non-hydrogen) atoms. The lowest BCUT2D eigenvalue weighted by Gasteiger charge is -2.13. The number of hydrogen-bond donors (Lipinski definition) is 0. The van der Waals surface area contributed by atoms with E-state index in [2.05, 4.69) is 0 Å². The standard InChI is InChI=1S/C26H17F5O6/c1-3-35-26(33)25-18(13-6-4-5-7-16(13)34-2)24(32)14-9-8-12(10-17(14)37-25)36-11-15-19(27)21(29)23(31)22(30)20(15)28/h4-10H,3,11H2,1-2H3. The predicted octanol–water partition coefficient (Wildman–Crippen LogP) is 5.92. The highest BCUT2D eigenvalue weighted by Crippen LogP contribution is 2.33. The van der Waals surface area contributed by atoms with Crippen LogP contribution in [0.25, 0.3) is 22.1 Å². The van der Waals surface area contributed by atoms with E-state index >= 15 is 0 Å². The molecule has 0 aliphatic heterocycles. The Balaban J connectivity index is 1.81. The van der Waals surface area contributed by atoms with Crippen LogP contribution in [0.5, 0.6) is 11.5 Å². The van der Waals surface area contributed by atoms with Crippen molar-refractivity contribution in [2.75, 3.05) is 13.7 Å². The molecule has 0 bridgehead atoms. The number of hydrogen-bond acceptors (Lipinski definition) is 6. The second kappa shape index (κ2) is 10.3. The first-order chi connectivity index (χ1) is 17.7. The summed E-state index contributed by atoms with van der Waals surface area (Å²) in [5.74, 6) is -11.8. The third kappa shape index (κ3) is 4.59. The molecule has 0 N–H and O–H groups in total. The molecule has 0 atom stereocenters. The summed E-state index contributed by atoms with van der Waals surface area (Å²) in [7, 11) is 1.39. The van der Waals surface area contributed by atoms with Crippen LogP contribution in [0.3, 0.4) is 0 Å². The zero-order valence-corrected chi connectivity index (χ0v) is 19.3. The molecular weight excluding hydrogens is 503 g/mol. The molecule has 0 amide bonds. The molecule has 1 aromatic heterocycles. The highest BCUT2D eigenvalue weighted by Gasteiger charge is 2.27. The van der Waals surface area contributed by atoms with Crippen molar-refractivity contribution in [2.45, 2.75) is 13.5 Å². The van der Waals surface area contributed by atoms with Crippen molar-refractivity contribution in [1.29, 1.82) is 0 Å². The van der Waals surface area contributed by atoms with Crippen LogP contribution >= 0.6 is 0 Å².